The second-order valence-electron chi connectivity index (χ2n) is 5.31. The fraction of sp³-hybridized carbons (Fsp3) is 0.235. The van der Waals surface area contributed by atoms with E-state index in [-0.39, 0.29) is 11.9 Å². The second-order valence-corrected chi connectivity index (χ2v) is 5.31. The van der Waals surface area contributed by atoms with Crippen molar-refractivity contribution in [1.29, 1.82) is 0 Å². The summed E-state index contributed by atoms with van der Waals surface area (Å²) >= 11 is 0. The van der Waals surface area contributed by atoms with E-state index in [1.165, 1.54) is 0 Å². The van der Waals surface area contributed by atoms with E-state index < -0.39 is 0 Å². The number of nitrogens with one attached hydrogen (secondary N) is 1. The first-order chi connectivity index (χ1) is 11.2. The predicted molar refractivity (Wildman–Crippen MR) is 87.3 cm³/mol. The molecule has 6 heteroatoms. The molecule has 1 N–H and O–H groups in total. The zero-order valence-electron chi connectivity index (χ0n) is 13.2. The lowest BCUT2D eigenvalue weighted by Crippen LogP contribution is -2.29. The van der Waals surface area contributed by atoms with Gasteiger partial charge in [-0.2, -0.15) is 10.2 Å². The molecule has 0 aliphatic heterocycles. The molecule has 0 unspecified atom stereocenters. The average Bonchev–Trinajstić information content (AvgIpc) is 3.24. The van der Waals surface area contributed by atoms with Crippen LogP contribution in [-0.2, 0) is 7.05 Å². The van der Waals surface area contributed by atoms with Gasteiger partial charge in [0.05, 0.1) is 17.4 Å². The largest absolute Gasteiger partial charge is 0.344 e. The maximum atomic E-state index is 12.6. The molecule has 2 aromatic heterocycles. The van der Waals surface area contributed by atoms with E-state index in [0.717, 1.165) is 17.8 Å². The van der Waals surface area contributed by atoms with Gasteiger partial charge in [-0.05, 0) is 36.8 Å². The molecule has 0 bridgehead atoms. The Morgan fingerprint density at radius 1 is 1.22 bits per heavy atom. The number of hydrogen-bond donors (Lipinski definition) is 1. The van der Waals surface area contributed by atoms with Gasteiger partial charge in [0.1, 0.15) is 0 Å². The average molecular weight is 309 g/mol. The summed E-state index contributed by atoms with van der Waals surface area (Å²) in [4.78, 5) is 12.6. The fourth-order valence-electron chi connectivity index (χ4n) is 2.56. The Morgan fingerprint density at radius 2 is 2.09 bits per heavy atom. The molecular weight excluding hydrogens is 290 g/mol. The minimum absolute atomic E-state index is 0.0663. The van der Waals surface area contributed by atoms with E-state index >= 15 is 0 Å². The summed E-state index contributed by atoms with van der Waals surface area (Å²) in [6.45, 7) is 2.04. The van der Waals surface area contributed by atoms with Crippen molar-refractivity contribution in [3.8, 4) is 5.69 Å². The molecule has 0 saturated carbocycles. The van der Waals surface area contributed by atoms with Crippen molar-refractivity contribution in [3.05, 3.63) is 66.2 Å². The first-order valence-electron chi connectivity index (χ1n) is 7.58. The Bertz CT molecular complexity index is 791. The first kappa shape index (κ1) is 15.0. The lowest BCUT2D eigenvalue weighted by molar-refractivity contribution is 0.0934. The first-order valence-corrected chi connectivity index (χ1v) is 7.58. The molecule has 1 aromatic carbocycles. The molecule has 1 atom stereocenters. The summed E-state index contributed by atoms with van der Waals surface area (Å²) in [7, 11) is 1.88. The Labute approximate surface area is 134 Å². The monoisotopic (exact) mass is 309 g/mol. The molecule has 0 saturated heterocycles. The highest BCUT2D eigenvalue weighted by molar-refractivity contribution is 5.95. The van der Waals surface area contributed by atoms with Crippen molar-refractivity contribution in [2.24, 2.45) is 7.05 Å². The lowest BCUT2D eigenvalue weighted by atomic mass is 10.1. The molecule has 0 fully saturated rings. The van der Waals surface area contributed by atoms with Crippen molar-refractivity contribution in [2.75, 3.05) is 0 Å². The van der Waals surface area contributed by atoms with E-state index in [1.807, 2.05) is 50.5 Å². The third-order valence-electron chi connectivity index (χ3n) is 3.81. The van der Waals surface area contributed by atoms with Crippen LogP contribution in [0.25, 0.3) is 5.69 Å². The SMILES string of the molecule is CC[C@@H](NC(=O)c1cccc(-n2cccn2)c1)c1ccnn1C. The summed E-state index contributed by atoms with van der Waals surface area (Å²) < 4.78 is 3.52. The normalized spacial score (nSPS) is 12.1. The molecule has 6 nitrogen and oxygen atoms in total. The second kappa shape index (κ2) is 6.48. The van der Waals surface area contributed by atoms with Gasteiger partial charge in [0.2, 0.25) is 0 Å². The van der Waals surface area contributed by atoms with E-state index in [4.69, 9.17) is 0 Å². The van der Waals surface area contributed by atoms with Crippen molar-refractivity contribution in [3.63, 3.8) is 0 Å². The van der Waals surface area contributed by atoms with Crippen LogP contribution in [0.4, 0.5) is 0 Å². The van der Waals surface area contributed by atoms with Gasteiger partial charge in [0, 0.05) is 31.2 Å². The minimum Gasteiger partial charge on any atom is -0.344 e. The van der Waals surface area contributed by atoms with Crippen LogP contribution in [0.5, 0.6) is 0 Å². The standard InChI is InChI=1S/C17H19N5O/c1-3-15(16-8-10-18-21(16)2)20-17(23)13-6-4-7-14(12-13)22-11-5-9-19-22/h4-12,15H,3H2,1-2H3,(H,20,23)/t15-/m1/s1. The van der Waals surface area contributed by atoms with E-state index in [0.29, 0.717) is 5.56 Å². The van der Waals surface area contributed by atoms with Crippen LogP contribution >= 0.6 is 0 Å². The van der Waals surface area contributed by atoms with Crippen LogP contribution in [0.15, 0.2) is 55.0 Å². The molecule has 3 rings (SSSR count). The van der Waals surface area contributed by atoms with Gasteiger partial charge in [0.15, 0.2) is 0 Å². The zero-order valence-corrected chi connectivity index (χ0v) is 13.2. The Hall–Kier alpha value is -2.89. The highest BCUT2D eigenvalue weighted by Crippen LogP contribution is 2.17. The van der Waals surface area contributed by atoms with Crippen molar-refractivity contribution < 1.29 is 4.79 Å². The smallest absolute Gasteiger partial charge is 0.251 e. The van der Waals surface area contributed by atoms with E-state index in [9.17, 15) is 4.79 Å². The summed E-state index contributed by atoms with van der Waals surface area (Å²) in [6.07, 6.45) is 6.09. The van der Waals surface area contributed by atoms with Crippen LogP contribution in [0, 0.1) is 0 Å². The maximum Gasteiger partial charge on any atom is 0.251 e. The molecule has 1 amide bonds. The number of carbonyl (C=O) groups is 1. The fourth-order valence-corrected chi connectivity index (χ4v) is 2.56. The summed E-state index contributed by atoms with van der Waals surface area (Å²) in [5.41, 5.74) is 2.46. The number of carbonyl (C=O) groups excluding carboxylic acids is 1. The maximum absolute atomic E-state index is 12.6. The topological polar surface area (TPSA) is 64.7 Å². The van der Waals surface area contributed by atoms with Crippen LogP contribution in [0.2, 0.25) is 0 Å². The van der Waals surface area contributed by atoms with E-state index in [1.54, 1.807) is 27.8 Å². The molecule has 0 aliphatic rings. The van der Waals surface area contributed by atoms with Gasteiger partial charge in [-0.25, -0.2) is 4.68 Å². The molecule has 0 spiro atoms. The zero-order chi connectivity index (χ0) is 16.2. The van der Waals surface area contributed by atoms with Crippen LogP contribution in [-0.4, -0.2) is 25.5 Å². The van der Waals surface area contributed by atoms with Gasteiger partial charge in [-0.3, -0.25) is 9.48 Å². The van der Waals surface area contributed by atoms with E-state index in [2.05, 4.69) is 15.5 Å². The number of hydrogen-bond acceptors (Lipinski definition) is 3. The quantitative estimate of drug-likeness (QED) is 0.787. The Kier molecular flexibility index (Phi) is 4.23. The van der Waals surface area contributed by atoms with Gasteiger partial charge in [-0.1, -0.05) is 13.0 Å². The molecular formula is C17H19N5O. The van der Waals surface area contributed by atoms with Crippen molar-refractivity contribution in [2.45, 2.75) is 19.4 Å². The number of aromatic nitrogens is 4. The van der Waals surface area contributed by atoms with Crippen LogP contribution < -0.4 is 5.32 Å². The minimum atomic E-state index is -0.105. The Morgan fingerprint density at radius 3 is 2.74 bits per heavy atom. The molecule has 0 aliphatic carbocycles. The van der Waals surface area contributed by atoms with Crippen LogP contribution in [0.1, 0.15) is 35.4 Å². The highest BCUT2D eigenvalue weighted by Gasteiger charge is 2.17. The third-order valence-corrected chi connectivity index (χ3v) is 3.81. The molecule has 3 aromatic rings. The van der Waals surface area contributed by atoms with Crippen molar-refractivity contribution >= 4 is 5.91 Å². The van der Waals surface area contributed by atoms with Crippen molar-refractivity contribution in [1.82, 2.24) is 24.9 Å². The highest BCUT2D eigenvalue weighted by atomic mass is 16.1. The number of benzene rings is 1. The predicted octanol–water partition coefficient (Wildman–Crippen LogP) is 2.49. The number of amides is 1. The van der Waals surface area contributed by atoms with Gasteiger partial charge in [-0.15, -0.1) is 0 Å². The van der Waals surface area contributed by atoms with Gasteiger partial charge < -0.3 is 5.32 Å². The molecule has 23 heavy (non-hydrogen) atoms. The van der Waals surface area contributed by atoms with Crippen LogP contribution in [0.3, 0.4) is 0 Å². The number of aryl methyl sites for hydroxylation is 1. The summed E-state index contributed by atoms with van der Waals surface area (Å²) in [6, 6.07) is 11.1. The molecule has 0 radical (unpaired) electrons. The Balaban J connectivity index is 1.80. The number of rotatable bonds is 5. The van der Waals surface area contributed by atoms with Gasteiger partial charge >= 0.3 is 0 Å². The molecule has 118 valence electrons. The third kappa shape index (κ3) is 3.15. The summed E-state index contributed by atoms with van der Waals surface area (Å²) in [5, 5.41) is 11.4. The summed E-state index contributed by atoms with van der Waals surface area (Å²) in [5.74, 6) is -0.105. The van der Waals surface area contributed by atoms with Gasteiger partial charge in [0.25, 0.3) is 5.91 Å². The number of nitrogens with zero attached hydrogens (tertiary/aromatic N) is 4. The lowest BCUT2D eigenvalue weighted by Gasteiger charge is -2.17. The molecule has 2 heterocycles.